The molecule has 0 aliphatic carbocycles. The molecule has 7 heteroatoms. The molecule has 1 fully saturated rings. The second-order valence-electron chi connectivity index (χ2n) is 6.96. The van der Waals surface area contributed by atoms with Gasteiger partial charge in [0.05, 0.1) is 24.7 Å². The Bertz CT molecular complexity index is 881. The molecule has 0 saturated carbocycles. The molecule has 0 aromatic heterocycles. The molecular formula is C21H27N3O3S. The fourth-order valence-electron chi connectivity index (χ4n) is 3.10. The van der Waals surface area contributed by atoms with Crippen molar-refractivity contribution in [3.05, 3.63) is 71.3 Å². The molecule has 0 amide bonds. The van der Waals surface area contributed by atoms with Crippen LogP contribution in [0.1, 0.15) is 23.1 Å². The van der Waals surface area contributed by atoms with Crippen LogP contribution >= 0.6 is 0 Å². The first kappa shape index (κ1) is 20.4. The number of hydrogen-bond acceptors (Lipinski definition) is 4. The Labute approximate surface area is 167 Å². The lowest BCUT2D eigenvalue weighted by molar-refractivity contribution is 0.107. The van der Waals surface area contributed by atoms with Crippen molar-refractivity contribution in [1.82, 2.24) is 10.6 Å². The predicted octanol–water partition coefficient (Wildman–Crippen LogP) is 2.26. The van der Waals surface area contributed by atoms with E-state index in [-0.39, 0.29) is 17.5 Å². The number of guanidine groups is 1. The molecule has 0 radical (unpaired) electrons. The van der Waals surface area contributed by atoms with Crippen LogP contribution in [0.15, 0.2) is 59.6 Å². The van der Waals surface area contributed by atoms with Crippen molar-refractivity contribution < 1.29 is 13.2 Å². The molecule has 150 valence electrons. The highest BCUT2D eigenvalue weighted by Crippen LogP contribution is 2.11. The third kappa shape index (κ3) is 6.35. The Morgan fingerprint density at radius 1 is 1.04 bits per heavy atom. The number of benzene rings is 2. The van der Waals surface area contributed by atoms with Gasteiger partial charge in [-0.05, 0) is 23.1 Å². The third-order valence-electron chi connectivity index (χ3n) is 4.66. The molecule has 1 unspecified atom stereocenters. The highest BCUT2D eigenvalue weighted by Gasteiger charge is 2.28. The maximum absolute atomic E-state index is 11.6. The van der Waals surface area contributed by atoms with Crippen LogP contribution < -0.4 is 10.6 Å². The Balaban J connectivity index is 1.42. The van der Waals surface area contributed by atoms with Crippen LogP contribution in [-0.4, -0.2) is 39.0 Å². The van der Waals surface area contributed by atoms with Crippen LogP contribution in [0.4, 0.5) is 0 Å². The van der Waals surface area contributed by atoms with Gasteiger partial charge in [-0.25, -0.2) is 8.42 Å². The summed E-state index contributed by atoms with van der Waals surface area (Å²) in [6, 6.07) is 18.3. The van der Waals surface area contributed by atoms with Crippen molar-refractivity contribution in [3.8, 4) is 0 Å². The zero-order valence-electron chi connectivity index (χ0n) is 16.1. The Hall–Kier alpha value is -2.38. The van der Waals surface area contributed by atoms with Gasteiger partial charge in [-0.15, -0.1) is 0 Å². The van der Waals surface area contributed by atoms with Crippen molar-refractivity contribution >= 4 is 15.8 Å². The average Bonchev–Trinajstić information content (AvgIpc) is 3.05. The smallest absolute Gasteiger partial charge is 0.191 e. The molecule has 2 aromatic carbocycles. The van der Waals surface area contributed by atoms with Gasteiger partial charge in [0.15, 0.2) is 15.8 Å². The number of aliphatic imine (C=N–C) groups is 1. The minimum Gasteiger partial charge on any atom is -0.372 e. The second kappa shape index (κ2) is 9.71. The average molecular weight is 402 g/mol. The maximum Gasteiger partial charge on any atom is 0.191 e. The molecule has 1 heterocycles. The van der Waals surface area contributed by atoms with Gasteiger partial charge in [0.1, 0.15) is 0 Å². The van der Waals surface area contributed by atoms with Crippen molar-refractivity contribution in [2.45, 2.75) is 32.2 Å². The van der Waals surface area contributed by atoms with E-state index in [1.807, 2.05) is 18.2 Å². The monoisotopic (exact) mass is 401 g/mol. The van der Waals surface area contributed by atoms with Gasteiger partial charge in [-0.3, -0.25) is 4.99 Å². The van der Waals surface area contributed by atoms with Crippen molar-refractivity contribution in [1.29, 1.82) is 0 Å². The summed E-state index contributed by atoms with van der Waals surface area (Å²) in [4.78, 5) is 4.18. The number of rotatable bonds is 7. The van der Waals surface area contributed by atoms with E-state index in [1.165, 1.54) is 0 Å². The molecule has 1 atom stereocenters. The molecule has 1 saturated heterocycles. The standard InChI is InChI=1S/C21H27N3O3S/c1-22-21(24-20-11-12-28(25,26)16-20)23-13-17-7-9-19(10-8-17)15-27-14-18-5-3-2-4-6-18/h2-10,20H,11-16H2,1H3,(H2,22,23,24). The molecular weight excluding hydrogens is 374 g/mol. The highest BCUT2D eigenvalue weighted by molar-refractivity contribution is 7.91. The second-order valence-corrected chi connectivity index (χ2v) is 9.19. The first-order chi connectivity index (χ1) is 13.5. The van der Waals surface area contributed by atoms with Crippen molar-refractivity contribution in [2.75, 3.05) is 18.6 Å². The fourth-order valence-corrected chi connectivity index (χ4v) is 4.77. The first-order valence-corrected chi connectivity index (χ1v) is 11.2. The molecule has 0 spiro atoms. The third-order valence-corrected chi connectivity index (χ3v) is 6.43. The quantitative estimate of drug-likeness (QED) is 0.550. The van der Waals surface area contributed by atoms with Crippen LogP contribution in [0.2, 0.25) is 0 Å². The molecule has 3 rings (SSSR count). The summed E-state index contributed by atoms with van der Waals surface area (Å²) in [6.45, 7) is 1.79. The van der Waals surface area contributed by atoms with Gasteiger partial charge >= 0.3 is 0 Å². The summed E-state index contributed by atoms with van der Waals surface area (Å²) in [7, 11) is -1.22. The first-order valence-electron chi connectivity index (χ1n) is 9.41. The summed E-state index contributed by atoms with van der Waals surface area (Å²) in [5.74, 6) is 1.04. The molecule has 2 aromatic rings. The molecule has 28 heavy (non-hydrogen) atoms. The lowest BCUT2D eigenvalue weighted by Crippen LogP contribution is -2.43. The number of sulfone groups is 1. The number of ether oxygens (including phenoxy) is 1. The summed E-state index contributed by atoms with van der Waals surface area (Å²) in [6.07, 6.45) is 0.626. The largest absolute Gasteiger partial charge is 0.372 e. The van der Waals surface area contributed by atoms with E-state index >= 15 is 0 Å². The van der Waals surface area contributed by atoms with E-state index in [2.05, 4.69) is 52.0 Å². The van der Waals surface area contributed by atoms with E-state index in [0.29, 0.717) is 32.1 Å². The number of nitrogens with zero attached hydrogens (tertiary/aromatic N) is 1. The van der Waals surface area contributed by atoms with Gasteiger partial charge in [0, 0.05) is 19.6 Å². The van der Waals surface area contributed by atoms with Gasteiger partial charge in [0.2, 0.25) is 0 Å². The van der Waals surface area contributed by atoms with Gasteiger partial charge < -0.3 is 15.4 Å². The van der Waals surface area contributed by atoms with Crippen LogP contribution in [0.3, 0.4) is 0 Å². The van der Waals surface area contributed by atoms with Gasteiger partial charge in [-0.2, -0.15) is 0 Å². The lowest BCUT2D eigenvalue weighted by Gasteiger charge is -2.16. The van der Waals surface area contributed by atoms with E-state index in [1.54, 1.807) is 7.05 Å². The van der Waals surface area contributed by atoms with Crippen LogP contribution in [0.5, 0.6) is 0 Å². The molecule has 6 nitrogen and oxygen atoms in total. The lowest BCUT2D eigenvalue weighted by atomic mass is 10.1. The van der Waals surface area contributed by atoms with Crippen LogP contribution in [0, 0.1) is 0 Å². The molecule has 0 bridgehead atoms. The normalized spacial score (nSPS) is 18.8. The van der Waals surface area contributed by atoms with Crippen molar-refractivity contribution in [3.63, 3.8) is 0 Å². The summed E-state index contributed by atoms with van der Waals surface area (Å²) in [5, 5.41) is 6.42. The van der Waals surface area contributed by atoms with Crippen molar-refractivity contribution in [2.24, 2.45) is 4.99 Å². The minimum atomic E-state index is -2.90. The summed E-state index contributed by atoms with van der Waals surface area (Å²) < 4.78 is 28.9. The van der Waals surface area contributed by atoms with E-state index in [9.17, 15) is 8.42 Å². The van der Waals surface area contributed by atoms with E-state index < -0.39 is 9.84 Å². The molecule has 2 N–H and O–H groups in total. The zero-order valence-corrected chi connectivity index (χ0v) is 16.9. The van der Waals surface area contributed by atoms with Gasteiger partial charge in [-0.1, -0.05) is 54.6 Å². The molecule has 1 aliphatic heterocycles. The Morgan fingerprint density at radius 2 is 1.68 bits per heavy atom. The SMILES string of the molecule is CN=C(NCc1ccc(COCc2ccccc2)cc1)NC1CCS(=O)(=O)C1. The Kier molecular flexibility index (Phi) is 7.06. The fraction of sp³-hybridized carbons (Fsp3) is 0.381. The highest BCUT2D eigenvalue weighted by atomic mass is 32.2. The zero-order chi connectivity index (χ0) is 19.8. The summed E-state index contributed by atoms with van der Waals surface area (Å²) in [5.41, 5.74) is 3.41. The van der Waals surface area contributed by atoms with Crippen LogP contribution in [-0.2, 0) is 34.3 Å². The maximum atomic E-state index is 11.6. The van der Waals surface area contributed by atoms with E-state index in [4.69, 9.17) is 4.74 Å². The number of hydrogen-bond donors (Lipinski definition) is 2. The van der Waals surface area contributed by atoms with E-state index in [0.717, 1.165) is 16.7 Å². The predicted molar refractivity (Wildman–Crippen MR) is 112 cm³/mol. The topological polar surface area (TPSA) is 79.8 Å². The Morgan fingerprint density at radius 3 is 2.29 bits per heavy atom. The van der Waals surface area contributed by atoms with Crippen LogP contribution in [0.25, 0.3) is 0 Å². The molecule has 1 aliphatic rings. The van der Waals surface area contributed by atoms with Gasteiger partial charge in [0.25, 0.3) is 0 Å². The minimum absolute atomic E-state index is 0.0691. The number of nitrogens with one attached hydrogen (secondary N) is 2. The summed E-state index contributed by atoms with van der Waals surface area (Å²) >= 11 is 0.